The molecule has 0 radical (unpaired) electrons. The number of hydrogen-bond acceptors (Lipinski definition) is 2. The topological polar surface area (TPSA) is 40.5 Å². The molecule has 20 heavy (non-hydrogen) atoms. The molecule has 1 heterocycles. The Morgan fingerprint density at radius 3 is 2.50 bits per heavy atom. The number of carboxylic acids is 1. The summed E-state index contributed by atoms with van der Waals surface area (Å²) in [6.07, 6.45) is 2.58. The fourth-order valence-electron chi connectivity index (χ4n) is 3.29. The summed E-state index contributed by atoms with van der Waals surface area (Å²) in [5, 5.41) is 9.54. The lowest BCUT2D eigenvalue weighted by molar-refractivity contribution is -0.147. The summed E-state index contributed by atoms with van der Waals surface area (Å²) in [6.45, 7) is 7.52. The Bertz CT molecular complexity index is 450. The standard InChI is InChI=1S/C17H25NO2/c1-17(2,3)18-11-7-10-14(16(19)20)15(18)12-13-8-5-4-6-9-13/h4-6,8-9,14-15H,7,10-12H2,1-3H3,(H,19,20). The van der Waals surface area contributed by atoms with Gasteiger partial charge in [0.05, 0.1) is 5.92 Å². The van der Waals surface area contributed by atoms with E-state index in [-0.39, 0.29) is 17.5 Å². The first-order valence-electron chi connectivity index (χ1n) is 7.43. The van der Waals surface area contributed by atoms with Crippen molar-refractivity contribution in [2.24, 2.45) is 5.92 Å². The molecule has 2 atom stereocenters. The smallest absolute Gasteiger partial charge is 0.308 e. The number of rotatable bonds is 3. The average Bonchev–Trinajstić information content (AvgIpc) is 2.38. The lowest BCUT2D eigenvalue weighted by Crippen LogP contribution is -2.56. The summed E-state index contributed by atoms with van der Waals surface area (Å²) in [4.78, 5) is 14.0. The van der Waals surface area contributed by atoms with Crippen molar-refractivity contribution < 1.29 is 9.90 Å². The maximum Gasteiger partial charge on any atom is 0.308 e. The molecule has 3 nitrogen and oxygen atoms in total. The molecular formula is C17H25NO2. The lowest BCUT2D eigenvalue weighted by atomic mass is 9.82. The highest BCUT2D eigenvalue weighted by Crippen LogP contribution is 2.32. The van der Waals surface area contributed by atoms with Gasteiger partial charge in [-0.1, -0.05) is 30.3 Å². The summed E-state index contributed by atoms with van der Waals surface area (Å²) >= 11 is 0. The van der Waals surface area contributed by atoms with Gasteiger partial charge in [0.1, 0.15) is 0 Å². The monoisotopic (exact) mass is 275 g/mol. The number of piperidine rings is 1. The Kier molecular flexibility index (Phi) is 4.48. The van der Waals surface area contributed by atoms with E-state index in [0.29, 0.717) is 0 Å². The molecule has 2 rings (SSSR count). The predicted molar refractivity (Wildman–Crippen MR) is 80.8 cm³/mol. The van der Waals surface area contributed by atoms with Crippen molar-refractivity contribution in [3.8, 4) is 0 Å². The van der Waals surface area contributed by atoms with Crippen LogP contribution in [0.4, 0.5) is 0 Å². The third-order valence-corrected chi connectivity index (χ3v) is 4.25. The summed E-state index contributed by atoms with van der Waals surface area (Å²) in [7, 11) is 0. The molecule has 0 aliphatic carbocycles. The summed E-state index contributed by atoms with van der Waals surface area (Å²) in [6, 6.07) is 10.3. The lowest BCUT2D eigenvalue weighted by Gasteiger charge is -2.47. The molecule has 1 aliphatic rings. The van der Waals surface area contributed by atoms with Crippen molar-refractivity contribution >= 4 is 5.97 Å². The van der Waals surface area contributed by atoms with Crippen LogP contribution in [0.25, 0.3) is 0 Å². The molecular weight excluding hydrogens is 250 g/mol. The maximum absolute atomic E-state index is 11.6. The first-order chi connectivity index (χ1) is 9.39. The van der Waals surface area contributed by atoms with Crippen LogP contribution in [0.1, 0.15) is 39.2 Å². The van der Waals surface area contributed by atoms with Gasteiger partial charge >= 0.3 is 5.97 Å². The van der Waals surface area contributed by atoms with E-state index < -0.39 is 5.97 Å². The van der Waals surface area contributed by atoms with Crippen molar-refractivity contribution in [1.82, 2.24) is 4.90 Å². The first-order valence-corrected chi connectivity index (χ1v) is 7.43. The molecule has 0 amide bonds. The predicted octanol–water partition coefficient (Wildman–Crippen LogP) is 3.19. The highest BCUT2D eigenvalue weighted by molar-refractivity contribution is 5.71. The normalized spacial score (nSPS) is 24.6. The molecule has 3 heteroatoms. The van der Waals surface area contributed by atoms with Crippen LogP contribution in [-0.2, 0) is 11.2 Å². The van der Waals surface area contributed by atoms with E-state index in [1.54, 1.807) is 0 Å². The van der Waals surface area contributed by atoms with Gasteiger partial charge in [0.25, 0.3) is 0 Å². The minimum Gasteiger partial charge on any atom is -0.481 e. The highest BCUT2D eigenvalue weighted by atomic mass is 16.4. The zero-order valence-corrected chi connectivity index (χ0v) is 12.7. The number of benzene rings is 1. The third-order valence-electron chi connectivity index (χ3n) is 4.25. The number of carboxylic acid groups (broad SMARTS) is 1. The van der Waals surface area contributed by atoms with Crippen LogP contribution in [0.15, 0.2) is 30.3 Å². The number of carbonyl (C=O) groups is 1. The number of aliphatic carboxylic acids is 1. The second-order valence-electron chi connectivity index (χ2n) is 6.71. The molecule has 0 aromatic heterocycles. The average molecular weight is 275 g/mol. The van der Waals surface area contributed by atoms with Crippen LogP contribution in [0.3, 0.4) is 0 Å². The van der Waals surface area contributed by atoms with E-state index in [1.165, 1.54) is 5.56 Å². The van der Waals surface area contributed by atoms with E-state index >= 15 is 0 Å². The molecule has 0 spiro atoms. The Morgan fingerprint density at radius 2 is 1.95 bits per heavy atom. The fourth-order valence-corrected chi connectivity index (χ4v) is 3.29. The third kappa shape index (κ3) is 3.40. The second-order valence-corrected chi connectivity index (χ2v) is 6.71. The van der Waals surface area contributed by atoms with Gasteiger partial charge in [-0.25, -0.2) is 0 Å². The van der Waals surface area contributed by atoms with Gasteiger partial charge < -0.3 is 5.11 Å². The van der Waals surface area contributed by atoms with Crippen LogP contribution in [0, 0.1) is 5.92 Å². The summed E-state index contributed by atoms with van der Waals surface area (Å²) < 4.78 is 0. The largest absolute Gasteiger partial charge is 0.481 e. The summed E-state index contributed by atoms with van der Waals surface area (Å²) in [5.74, 6) is -0.914. The number of nitrogens with zero attached hydrogens (tertiary/aromatic N) is 1. The highest BCUT2D eigenvalue weighted by Gasteiger charge is 2.40. The molecule has 2 unspecified atom stereocenters. The van der Waals surface area contributed by atoms with Crippen LogP contribution >= 0.6 is 0 Å². The number of likely N-dealkylation sites (tertiary alicyclic amines) is 1. The van der Waals surface area contributed by atoms with Gasteiger partial charge in [0.2, 0.25) is 0 Å². The van der Waals surface area contributed by atoms with Crippen LogP contribution in [-0.4, -0.2) is 34.1 Å². The quantitative estimate of drug-likeness (QED) is 0.921. The van der Waals surface area contributed by atoms with Crippen molar-refractivity contribution in [3.63, 3.8) is 0 Å². The Labute approximate surface area is 121 Å². The molecule has 0 saturated carbocycles. The van der Waals surface area contributed by atoms with Crippen LogP contribution < -0.4 is 0 Å². The molecule has 1 aliphatic heterocycles. The second kappa shape index (κ2) is 5.96. The molecule has 1 N–H and O–H groups in total. The van der Waals surface area contributed by atoms with Crippen LogP contribution in [0.5, 0.6) is 0 Å². The van der Waals surface area contributed by atoms with Gasteiger partial charge in [-0.3, -0.25) is 9.69 Å². The Hall–Kier alpha value is -1.35. The molecule has 1 saturated heterocycles. The molecule has 0 bridgehead atoms. The molecule has 1 aromatic rings. The molecule has 1 fully saturated rings. The van der Waals surface area contributed by atoms with Gasteiger partial charge in [0.15, 0.2) is 0 Å². The van der Waals surface area contributed by atoms with Gasteiger partial charge in [0, 0.05) is 11.6 Å². The van der Waals surface area contributed by atoms with Gasteiger partial charge in [-0.15, -0.1) is 0 Å². The summed E-state index contributed by atoms with van der Waals surface area (Å²) in [5.41, 5.74) is 1.23. The zero-order chi connectivity index (χ0) is 14.8. The van der Waals surface area contributed by atoms with Crippen molar-refractivity contribution in [2.75, 3.05) is 6.54 Å². The number of hydrogen-bond donors (Lipinski definition) is 1. The molecule has 1 aromatic carbocycles. The minimum absolute atomic E-state index is 0.00751. The Balaban J connectivity index is 2.26. The van der Waals surface area contributed by atoms with E-state index in [2.05, 4.69) is 37.8 Å². The van der Waals surface area contributed by atoms with E-state index in [0.717, 1.165) is 25.8 Å². The van der Waals surface area contributed by atoms with Crippen molar-refractivity contribution in [3.05, 3.63) is 35.9 Å². The van der Waals surface area contributed by atoms with Crippen LogP contribution in [0.2, 0.25) is 0 Å². The minimum atomic E-state index is -0.653. The van der Waals surface area contributed by atoms with E-state index in [4.69, 9.17) is 0 Å². The first kappa shape index (κ1) is 15.0. The Morgan fingerprint density at radius 1 is 1.30 bits per heavy atom. The van der Waals surface area contributed by atoms with E-state index in [1.807, 2.05) is 18.2 Å². The van der Waals surface area contributed by atoms with Gasteiger partial charge in [-0.2, -0.15) is 0 Å². The zero-order valence-electron chi connectivity index (χ0n) is 12.7. The molecule has 110 valence electrons. The fraction of sp³-hybridized carbons (Fsp3) is 0.588. The van der Waals surface area contributed by atoms with Crippen molar-refractivity contribution in [1.29, 1.82) is 0 Å². The SMILES string of the molecule is CC(C)(C)N1CCCC(C(=O)O)C1Cc1ccccc1. The van der Waals surface area contributed by atoms with Gasteiger partial charge in [-0.05, 0) is 52.1 Å². The van der Waals surface area contributed by atoms with Crippen molar-refractivity contribution in [2.45, 2.75) is 51.6 Å². The van der Waals surface area contributed by atoms with E-state index in [9.17, 15) is 9.90 Å². The maximum atomic E-state index is 11.6.